The number of aliphatic carboxylic acids is 1. The van der Waals surface area contributed by atoms with E-state index in [9.17, 15) is 19.5 Å². The Morgan fingerprint density at radius 2 is 0.983 bits per heavy atom. The van der Waals surface area contributed by atoms with E-state index in [4.69, 9.17) is 14.2 Å². The van der Waals surface area contributed by atoms with E-state index in [0.717, 1.165) is 70.6 Å². The van der Waals surface area contributed by atoms with E-state index < -0.39 is 18.1 Å². The summed E-state index contributed by atoms with van der Waals surface area (Å²) in [6, 6.07) is -0.742. The number of quaternary nitrogens is 1. The smallest absolute Gasteiger partial charge is 0.306 e. The minimum absolute atomic E-state index is 0.0102. The van der Waals surface area contributed by atoms with Gasteiger partial charge in [-0.15, -0.1) is 0 Å². The van der Waals surface area contributed by atoms with Gasteiger partial charge in [-0.3, -0.25) is 9.59 Å². The normalized spacial score (nSPS) is 13.7. The van der Waals surface area contributed by atoms with Crippen molar-refractivity contribution in [1.82, 2.24) is 0 Å². The quantitative estimate of drug-likeness (QED) is 0.0199. The fourth-order valence-electron chi connectivity index (χ4n) is 6.18. The third kappa shape index (κ3) is 39.7. The SMILES string of the molecule is CCCCC/C=C/C/C=C/C/C=C/C/C=C/CCCC(=O)OCC(COCCC(C(=O)[O-])[N+](C)(C)C)OC(=O)CCCCCCC/C=C/C=C/C=C/CCCCCCC. The van der Waals surface area contributed by atoms with Gasteiger partial charge in [-0.25, -0.2) is 0 Å². The molecule has 2 atom stereocenters. The predicted octanol–water partition coefficient (Wildman–Crippen LogP) is 11.6. The van der Waals surface area contributed by atoms with Gasteiger partial charge in [-0.1, -0.05) is 157 Å². The van der Waals surface area contributed by atoms with Gasteiger partial charge < -0.3 is 28.6 Å². The molecule has 0 N–H and O–H groups in total. The first-order valence-electron chi connectivity index (χ1n) is 23.1. The lowest BCUT2D eigenvalue weighted by molar-refractivity contribution is -0.889. The maximum absolute atomic E-state index is 12.7. The molecule has 0 aliphatic carbocycles. The van der Waals surface area contributed by atoms with E-state index in [0.29, 0.717) is 6.42 Å². The molecule has 0 rings (SSSR count). The van der Waals surface area contributed by atoms with Gasteiger partial charge in [-0.2, -0.15) is 0 Å². The average Bonchev–Trinajstić information content (AvgIpc) is 3.19. The molecule has 0 aromatic carbocycles. The van der Waals surface area contributed by atoms with E-state index in [1.54, 1.807) is 21.1 Å². The minimum Gasteiger partial charge on any atom is -0.544 e. The molecule has 59 heavy (non-hydrogen) atoms. The van der Waals surface area contributed by atoms with Crippen molar-refractivity contribution in [2.75, 3.05) is 41.0 Å². The topological polar surface area (TPSA) is 102 Å². The first kappa shape index (κ1) is 55.5. The summed E-state index contributed by atoms with van der Waals surface area (Å²) in [6.07, 6.45) is 53.2. The summed E-state index contributed by atoms with van der Waals surface area (Å²) in [5, 5.41) is 11.6. The van der Waals surface area contributed by atoms with Crippen LogP contribution in [0.3, 0.4) is 0 Å². The van der Waals surface area contributed by atoms with Gasteiger partial charge in [0.1, 0.15) is 12.6 Å². The van der Waals surface area contributed by atoms with Crippen molar-refractivity contribution in [3.05, 3.63) is 85.1 Å². The summed E-state index contributed by atoms with van der Waals surface area (Å²) in [6.45, 7) is 4.52. The highest BCUT2D eigenvalue weighted by Crippen LogP contribution is 2.12. The standard InChI is InChI=1S/C51H85NO7/c1-6-8-10-12-14-16-18-20-22-24-26-28-30-32-34-36-38-40-42-50(54)59-47(45-57-44-43-48(51(55)56)52(3,4)5)46-58-49(53)41-39-37-35-33-31-29-27-25-23-21-19-17-15-13-11-9-7-2/h15,17-18,20-24,26-29,33,35,47-48H,6-14,16,19,25,30-32,34,36-46H2,1-5H3/b17-15+,20-18+,23-21+,24-22+,28-26+,29-27+,35-33+. The Bertz CT molecular complexity index is 1240. The third-order valence-corrected chi connectivity index (χ3v) is 9.82. The van der Waals surface area contributed by atoms with Crippen LogP contribution in [0.5, 0.6) is 0 Å². The lowest BCUT2D eigenvalue weighted by Gasteiger charge is -2.34. The largest absolute Gasteiger partial charge is 0.544 e. The minimum atomic E-state index is -1.14. The first-order valence-corrected chi connectivity index (χ1v) is 23.1. The fraction of sp³-hybridized carbons (Fsp3) is 0.667. The van der Waals surface area contributed by atoms with Crippen LogP contribution in [0.1, 0.15) is 168 Å². The van der Waals surface area contributed by atoms with E-state index in [-0.39, 0.29) is 55.5 Å². The van der Waals surface area contributed by atoms with Crippen LogP contribution in [0.15, 0.2) is 85.1 Å². The number of hydrogen-bond acceptors (Lipinski definition) is 7. The molecule has 0 aliphatic rings. The van der Waals surface area contributed by atoms with E-state index in [2.05, 4.69) is 98.9 Å². The number of esters is 2. The van der Waals surface area contributed by atoms with Crippen LogP contribution in [-0.4, -0.2) is 75.5 Å². The van der Waals surface area contributed by atoms with Crippen LogP contribution in [0.2, 0.25) is 0 Å². The van der Waals surface area contributed by atoms with Crippen molar-refractivity contribution in [2.24, 2.45) is 0 Å². The second-order valence-electron chi connectivity index (χ2n) is 16.3. The number of carbonyl (C=O) groups is 3. The van der Waals surface area contributed by atoms with Crippen molar-refractivity contribution in [3.8, 4) is 0 Å². The van der Waals surface area contributed by atoms with E-state index in [1.165, 1.54) is 57.8 Å². The summed E-state index contributed by atoms with van der Waals surface area (Å²) < 4.78 is 17.1. The van der Waals surface area contributed by atoms with Gasteiger partial charge in [0, 0.05) is 19.3 Å². The van der Waals surface area contributed by atoms with Crippen molar-refractivity contribution in [2.45, 2.75) is 180 Å². The van der Waals surface area contributed by atoms with Crippen LogP contribution in [0, 0.1) is 0 Å². The summed E-state index contributed by atoms with van der Waals surface area (Å²) in [5.41, 5.74) is 0. The molecule has 0 bridgehead atoms. The lowest BCUT2D eigenvalue weighted by atomic mass is 10.1. The molecular weight excluding hydrogens is 739 g/mol. The first-order chi connectivity index (χ1) is 28.6. The van der Waals surface area contributed by atoms with Crippen molar-refractivity contribution < 1.29 is 38.2 Å². The monoisotopic (exact) mass is 824 g/mol. The maximum atomic E-state index is 12.7. The number of nitrogens with zero attached hydrogens (tertiary/aromatic N) is 1. The van der Waals surface area contributed by atoms with Gasteiger partial charge in [0.2, 0.25) is 0 Å². The zero-order chi connectivity index (χ0) is 43.5. The van der Waals surface area contributed by atoms with Crippen LogP contribution in [0.4, 0.5) is 0 Å². The number of carboxylic acids is 1. The Hall–Kier alpha value is -3.49. The molecule has 0 amide bonds. The van der Waals surface area contributed by atoms with Crippen LogP contribution < -0.4 is 5.11 Å². The number of unbranched alkanes of at least 4 members (excludes halogenated alkanes) is 14. The molecule has 0 radical (unpaired) electrons. The summed E-state index contributed by atoms with van der Waals surface area (Å²) in [5.74, 6) is -1.84. The zero-order valence-corrected chi connectivity index (χ0v) is 38.1. The fourth-order valence-corrected chi connectivity index (χ4v) is 6.18. The summed E-state index contributed by atoms with van der Waals surface area (Å²) >= 11 is 0. The maximum Gasteiger partial charge on any atom is 0.306 e. The second-order valence-corrected chi connectivity index (χ2v) is 16.3. The molecular formula is C51H85NO7. The molecule has 0 saturated carbocycles. The Balaban J connectivity index is 4.48. The highest BCUT2D eigenvalue weighted by atomic mass is 16.6. The number of carbonyl (C=O) groups excluding carboxylic acids is 3. The Morgan fingerprint density at radius 1 is 0.525 bits per heavy atom. The van der Waals surface area contributed by atoms with Crippen molar-refractivity contribution >= 4 is 17.9 Å². The molecule has 0 saturated heterocycles. The number of allylic oxidation sites excluding steroid dienone is 14. The van der Waals surface area contributed by atoms with Crippen LogP contribution in [-0.2, 0) is 28.6 Å². The average molecular weight is 824 g/mol. The Morgan fingerprint density at radius 3 is 1.54 bits per heavy atom. The van der Waals surface area contributed by atoms with Crippen LogP contribution >= 0.6 is 0 Å². The number of carboxylic acid groups (broad SMARTS) is 1. The second kappa shape index (κ2) is 41.3. The van der Waals surface area contributed by atoms with E-state index in [1.807, 2.05) is 0 Å². The number of ether oxygens (including phenoxy) is 3. The number of hydrogen-bond donors (Lipinski definition) is 0. The molecule has 0 aliphatic heterocycles. The lowest BCUT2D eigenvalue weighted by Crippen LogP contribution is -2.55. The molecule has 0 spiro atoms. The Kier molecular flexibility index (Phi) is 38.8. The van der Waals surface area contributed by atoms with Gasteiger partial charge in [0.15, 0.2) is 6.10 Å². The third-order valence-electron chi connectivity index (χ3n) is 9.82. The van der Waals surface area contributed by atoms with Crippen LogP contribution in [0.25, 0.3) is 0 Å². The zero-order valence-electron chi connectivity index (χ0n) is 38.1. The summed E-state index contributed by atoms with van der Waals surface area (Å²) in [4.78, 5) is 36.9. The van der Waals surface area contributed by atoms with E-state index >= 15 is 0 Å². The molecule has 2 unspecified atom stereocenters. The van der Waals surface area contributed by atoms with Gasteiger partial charge in [0.25, 0.3) is 0 Å². The molecule has 8 heteroatoms. The van der Waals surface area contributed by atoms with Crippen molar-refractivity contribution in [1.29, 1.82) is 0 Å². The molecule has 0 fully saturated rings. The number of rotatable bonds is 40. The highest BCUT2D eigenvalue weighted by Gasteiger charge is 2.25. The Labute approximate surface area is 361 Å². The highest BCUT2D eigenvalue weighted by molar-refractivity contribution is 5.70. The predicted molar refractivity (Wildman–Crippen MR) is 245 cm³/mol. The molecule has 336 valence electrons. The molecule has 8 nitrogen and oxygen atoms in total. The van der Waals surface area contributed by atoms with Gasteiger partial charge in [0.05, 0.1) is 40.3 Å². The van der Waals surface area contributed by atoms with Gasteiger partial charge >= 0.3 is 11.9 Å². The van der Waals surface area contributed by atoms with Crippen molar-refractivity contribution in [3.63, 3.8) is 0 Å². The van der Waals surface area contributed by atoms with Gasteiger partial charge in [-0.05, 0) is 77.0 Å². The molecule has 0 heterocycles. The number of likely N-dealkylation sites (N-methyl/N-ethyl adjacent to an activating group) is 1. The molecule has 0 aromatic rings. The molecule has 0 aromatic heterocycles. The summed E-state index contributed by atoms with van der Waals surface area (Å²) in [7, 11) is 5.38.